The molecule has 2 aliphatic heterocycles. The number of benzene rings is 2. The smallest absolute Gasteiger partial charge is 0.312 e. The second-order valence-electron chi connectivity index (χ2n) is 20.3. The molecule has 2 aromatic heterocycles. The minimum absolute atomic E-state index is 0.00183. The standard InChI is InChI=1S/C23H28FN5O6.C19H23FN4O4.C10H16O4/c1-12-8-14(6-7-15(12)24)9-25-20(31)17-18(30)21(32)29-13(2)10-35-11-16(19(29)26-17)28(5)23(34)22(33)27(3)4;1-10-6-12(4-5-13(10)20)7-22-18(26)15-16(25)19(27)24-11(2)8-28-9-14(21-3)17(24)23-15;1-9(2)6(7(11)12)4-5-10(9,3)8(13)14/h6-8,13,16,30H,9-11H2,1-5H3,(H,25,31);4-6,11,14,21,25H,7-9H2,1-3H3,(H,22,26);6H,4-5H2,1-3H3,(H,11,12)(H,13,14)/t13-,16+;11-,14+;6-,10+/m000/s1. The summed E-state index contributed by atoms with van der Waals surface area (Å²) >= 11 is 0. The molecule has 0 spiro atoms. The minimum Gasteiger partial charge on any atom is -0.501 e. The third kappa shape index (κ3) is 12.8. The lowest BCUT2D eigenvalue weighted by atomic mass is 9.66. The van der Waals surface area contributed by atoms with Crippen molar-refractivity contribution in [3.8, 4) is 11.5 Å². The highest BCUT2D eigenvalue weighted by Crippen LogP contribution is 2.56. The van der Waals surface area contributed by atoms with E-state index in [9.17, 15) is 57.4 Å². The summed E-state index contributed by atoms with van der Waals surface area (Å²) < 4.78 is 40.5. The molecule has 23 nitrogen and oxygen atoms in total. The molecule has 7 rings (SSSR count). The predicted molar refractivity (Wildman–Crippen MR) is 272 cm³/mol. The molecular formula is C52H67F2N9O14. The largest absolute Gasteiger partial charge is 0.501 e. The predicted octanol–water partition coefficient (Wildman–Crippen LogP) is 3.28. The highest BCUT2D eigenvalue weighted by atomic mass is 19.1. The number of aryl methyl sites for hydroxylation is 2. The third-order valence-electron chi connectivity index (χ3n) is 14.5. The Kier molecular flexibility index (Phi) is 19.2. The molecule has 0 radical (unpaired) electrons. The first-order valence-corrected chi connectivity index (χ1v) is 24.5. The first-order chi connectivity index (χ1) is 36.0. The molecule has 0 saturated heterocycles. The number of aromatic hydroxyl groups is 2. The van der Waals surface area contributed by atoms with Crippen LogP contribution < -0.4 is 27.1 Å². The Balaban J connectivity index is 0.000000232. The van der Waals surface area contributed by atoms with Gasteiger partial charge in [-0.2, -0.15) is 0 Å². The van der Waals surface area contributed by atoms with Crippen LogP contribution in [0.15, 0.2) is 46.0 Å². The van der Waals surface area contributed by atoms with Crippen molar-refractivity contribution in [1.82, 2.24) is 44.9 Å². The molecule has 0 bridgehead atoms. The summed E-state index contributed by atoms with van der Waals surface area (Å²) in [5.41, 5.74) is -1.89. The third-order valence-corrected chi connectivity index (χ3v) is 14.5. The lowest BCUT2D eigenvalue weighted by Crippen LogP contribution is -2.44. The van der Waals surface area contributed by atoms with Gasteiger partial charge in [0, 0.05) is 34.2 Å². The Labute approximate surface area is 442 Å². The Hall–Kier alpha value is -7.64. The lowest BCUT2D eigenvalue weighted by molar-refractivity contribution is -0.157. The summed E-state index contributed by atoms with van der Waals surface area (Å²) in [7, 11) is 5.93. The molecule has 4 heterocycles. The molecule has 25 heteroatoms. The van der Waals surface area contributed by atoms with Crippen LogP contribution in [0.25, 0.3) is 0 Å². The van der Waals surface area contributed by atoms with Crippen LogP contribution in [0.4, 0.5) is 8.78 Å². The van der Waals surface area contributed by atoms with Crippen LogP contribution in [0, 0.1) is 42.2 Å². The van der Waals surface area contributed by atoms with Gasteiger partial charge in [0.15, 0.2) is 11.4 Å². The molecule has 6 atom stereocenters. The number of likely N-dealkylation sites (N-methyl/N-ethyl adjacent to an activating group) is 3. The average Bonchev–Trinajstić information content (AvgIpc) is 3.46. The molecule has 77 heavy (non-hydrogen) atoms. The molecule has 1 aliphatic carbocycles. The molecule has 1 saturated carbocycles. The van der Waals surface area contributed by atoms with E-state index in [4.69, 9.17) is 19.7 Å². The summed E-state index contributed by atoms with van der Waals surface area (Å²) in [4.78, 5) is 109. The Bertz CT molecular complexity index is 3050. The van der Waals surface area contributed by atoms with Crippen LogP contribution in [0.1, 0.15) is 127 Å². The van der Waals surface area contributed by atoms with Crippen molar-refractivity contribution in [3.05, 3.63) is 114 Å². The second-order valence-corrected chi connectivity index (χ2v) is 20.3. The van der Waals surface area contributed by atoms with E-state index in [1.807, 2.05) is 0 Å². The summed E-state index contributed by atoms with van der Waals surface area (Å²) in [6.45, 7) is 12.4. The van der Waals surface area contributed by atoms with Crippen molar-refractivity contribution in [2.24, 2.45) is 16.7 Å². The normalized spacial score (nSPS) is 21.2. The highest BCUT2D eigenvalue weighted by molar-refractivity contribution is 6.34. The first-order valence-electron chi connectivity index (χ1n) is 24.5. The number of nitrogens with one attached hydrogen (secondary N) is 3. The van der Waals surface area contributed by atoms with Crippen LogP contribution in [0.5, 0.6) is 11.5 Å². The Morgan fingerprint density at radius 3 is 1.58 bits per heavy atom. The maximum Gasteiger partial charge on any atom is 0.312 e. The zero-order valence-corrected chi connectivity index (χ0v) is 44.8. The second kappa shape index (κ2) is 24.6. The van der Waals surface area contributed by atoms with E-state index in [1.165, 1.54) is 43.9 Å². The van der Waals surface area contributed by atoms with E-state index >= 15 is 0 Å². The average molecular weight is 1080 g/mol. The van der Waals surface area contributed by atoms with E-state index in [0.717, 1.165) is 14.4 Å². The van der Waals surface area contributed by atoms with Gasteiger partial charge >= 0.3 is 23.8 Å². The zero-order valence-electron chi connectivity index (χ0n) is 44.8. The van der Waals surface area contributed by atoms with Crippen LogP contribution in [-0.4, -0.2) is 140 Å². The van der Waals surface area contributed by atoms with E-state index in [-0.39, 0.29) is 62.1 Å². The van der Waals surface area contributed by atoms with Crippen LogP contribution in [0.3, 0.4) is 0 Å². The number of halogens is 2. The maximum absolute atomic E-state index is 13.5. The van der Waals surface area contributed by atoms with Crippen molar-refractivity contribution in [2.75, 3.05) is 54.6 Å². The van der Waals surface area contributed by atoms with Crippen LogP contribution in [0.2, 0.25) is 0 Å². The summed E-state index contributed by atoms with van der Waals surface area (Å²) in [6, 6.07) is 6.55. The van der Waals surface area contributed by atoms with Gasteiger partial charge in [0.1, 0.15) is 29.3 Å². The number of nitrogens with zero attached hydrogens (tertiary/aromatic N) is 6. The van der Waals surface area contributed by atoms with E-state index in [2.05, 4.69) is 25.9 Å². The fourth-order valence-corrected chi connectivity index (χ4v) is 9.20. The molecule has 418 valence electrons. The SMILES string of the molecule is CC1(C)[C@H](C(=O)O)CC[C@]1(C)C(=O)O.CN[C@@H]1COC[C@H](C)n2c1nc(C(=O)NCc1ccc(F)c(C)c1)c(O)c2=O.Cc1cc(CNC(=O)c2nc3n(c(=O)c2O)[C@@H](C)COC[C@H]3N(C)C(=O)C(=O)N(C)C)ccc1F. The summed E-state index contributed by atoms with van der Waals surface area (Å²) in [6.07, 6.45) is 0.886. The minimum atomic E-state index is -0.976. The van der Waals surface area contributed by atoms with Crippen molar-refractivity contribution in [3.63, 3.8) is 0 Å². The van der Waals surface area contributed by atoms with Gasteiger partial charge in [0.2, 0.25) is 11.5 Å². The van der Waals surface area contributed by atoms with Gasteiger partial charge in [-0.15, -0.1) is 0 Å². The fraction of sp³-hybridized carbons (Fsp3) is 0.500. The quantitative estimate of drug-likeness (QED) is 0.112. The molecule has 4 amide bonds. The van der Waals surface area contributed by atoms with Crippen molar-refractivity contribution in [2.45, 2.75) is 98.6 Å². The highest BCUT2D eigenvalue weighted by Gasteiger charge is 2.58. The maximum atomic E-state index is 13.5. The number of fused-ring (bicyclic) bond motifs is 2. The summed E-state index contributed by atoms with van der Waals surface area (Å²) in [5.74, 6) is -7.44. The van der Waals surface area contributed by atoms with Gasteiger partial charge in [-0.1, -0.05) is 38.1 Å². The van der Waals surface area contributed by atoms with Gasteiger partial charge in [0.25, 0.3) is 22.9 Å². The number of aromatic nitrogens is 4. The number of aliphatic carboxylic acids is 2. The molecule has 4 aromatic rings. The Morgan fingerprint density at radius 1 is 0.727 bits per heavy atom. The number of hydrogen-bond donors (Lipinski definition) is 7. The molecule has 7 N–H and O–H groups in total. The number of rotatable bonds is 10. The van der Waals surface area contributed by atoms with Crippen molar-refractivity contribution >= 4 is 35.6 Å². The van der Waals surface area contributed by atoms with Gasteiger partial charge in [-0.25, -0.2) is 18.7 Å². The topological polar surface area (TPSA) is 314 Å². The number of carbonyl (C=O) groups excluding carboxylic acids is 4. The monoisotopic (exact) mass is 1080 g/mol. The lowest BCUT2D eigenvalue weighted by Gasteiger charge is -2.36. The van der Waals surface area contributed by atoms with E-state index in [0.29, 0.717) is 47.5 Å². The van der Waals surface area contributed by atoms with Crippen molar-refractivity contribution in [1.29, 1.82) is 0 Å². The van der Waals surface area contributed by atoms with Crippen LogP contribution >= 0.6 is 0 Å². The van der Waals surface area contributed by atoms with Gasteiger partial charge in [-0.3, -0.25) is 47.5 Å². The molecule has 1 fully saturated rings. The number of carboxylic acid groups (broad SMARTS) is 2. The fourth-order valence-electron chi connectivity index (χ4n) is 9.20. The summed E-state index contributed by atoms with van der Waals surface area (Å²) in [5, 5.41) is 47.1. The molecule has 0 unspecified atom stereocenters. The number of hydrogen-bond acceptors (Lipinski definition) is 15. The van der Waals surface area contributed by atoms with Crippen LogP contribution in [-0.2, 0) is 41.7 Å². The number of ether oxygens (including phenoxy) is 2. The van der Waals surface area contributed by atoms with E-state index in [1.54, 1.807) is 73.7 Å². The van der Waals surface area contributed by atoms with Gasteiger partial charge in [0.05, 0.1) is 55.9 Å². The molecular weight excluding hydrogens is 1010 g/mol. The van der Waals surface area contributed by atoms with Gasteiger partial charge < -0.3 is 55.7 Å². The first kappa shape index (κ1) is 60.2. The molecule has 2 aromatic carbocycles. The van der Waals surface area contributed by atoms with Gasteiger partial charge in [-0.05, 0) is 94.3 Å². The number of carbonyl (C=O) groups is 6. The van der Waals surface area contributed by atoms with Crippen molar-refractivity contribution < 1.29 is 67.4 Å². The van der Waals surface area contributed by atoms with E-state index < -0.39 is 98.8 Å². The zero-order chi connectivity index (χ0) is 57.6. The molecule has 3 aliphatic rings. The number of amides is 4. The Morgan fingerprint density at radius 2 is 1.18 bits per heavy atom. The number of carboxylic acids is 2.